The number of aryl methyl sites for hydroxylation is 2. The maximum atomic E-state index is 12.9. The number of hydrogen-bond donors (Lipinski definition) is 1. The van der Waals surface area contributed by atoms with Gasteiger partial charge in [0.1, 0.15) is 0 Å². The van der Waals surface area contributed by atoms with Gasteiger partial charge >= 0.3 is 0 Å². The van der Waals surface area contributed by atoms with Crippen LogP contribution >= 0.6 is 0 Å². The van der Waals surface area contributed by atoms with Crippen LogP contribution in [-0.2, 0) is 4.79 Å². The predicted octanol–water partition coefficient (Wildman–Crippen LogP) is 2.67. The lowest BCUT2D eigenvalue weighted by Crippen LogP contribution is -2.39. The van der Waals surface area contributed by atoms with E-state index >= 15 is 0 Å². The van der Waals surface area contributed by atoms with Crippen LogP contribution in [0.2, 0.25) is 0 Å². The van der Waals surface area contributed by atoms with Crippen molar-refractivity contribution >= 4 is 23.2 Å². The summed E-state index contributed by atoms with van der Waals surface area (Å²) in [5.74, 6) is 0.273. The monoisotopic (exact) mass is 299 g/mol. The Morgan fingerprint density at radius 3 is 2.77 bits per heavy atom. The van der Waals surface area contributed by atoms with Crippen molar-refractivity contribution in [2.45, 2.75) is 33.2 Å². The lowest BCUT2D eigenvalue weighted by atomic mass is 10.1. The van der Waals surface area contributed by atoms with Crippen molar-refractivity contribution in [3.8, 4) is 0 Å². The molecule has 1 aromatic carbocycles. The van der Waals surface area contributed by atoms with Crippen LogP contribution in [0.5, 0.6) is 0 Å². The smallest absolute Gasteiger partial charge is 0.296 e. The fourth-order valence-electron chi connectivity index (χ4n) is 2.74. The lowest BCUT2D eigenvalue weighted by molar-refractivity contribution is -0.116. The van der Waals surface area contributed by atoms with Crippen molar-refractivity contribution in [3.05, 3.63) is 41.6 Å². The zero-order valence-corrected chi connectivity index (χ0v) is 12.7. The first kappa shape index (κ1) is 14.3. The fourth-order valence-corrected chi connectivity index (χ4v) is 2.74. The van der Waals surface area contributed by atoms with Crippen LogP contribution in [-0.4, -0.2) is 22.8 Å². The molecule has 114 valence electrons. The van der Waals surface area contributed by atoms with Crippen LogP contribution in [0.4, 0.5) is 11.4 Å². The Hall–Kier alpha value is -2.63. The summed E-state index contributed by atoms with van der Waals surface area (Å²) < 4.78 is 5.45. The number of oxazole rings is 1. The summed E-state index contributed by atoms with van der Waals surface area (Å²) in [5, 5.41) is 2.83. The Bertz CT molecular complexity index is 751. The van der Waals surface area contributed by atoms with Crippen molar-refractivity contribution < 1.29 is 14.0 Å². The first-order valence-corrected chi connectivity index (χ1v) is 7.14. The molecule has 6 heteroatoms. The van der Waals surface area contributed by atoms with E-state index in [9.17, 15) is 9.59 Å². The predicted molar refractivity (Wildman–Crippen MR) is 81.9 cm³/mol. The molecule has 6 nitrogen and oxygen atoms in total. The molecule has 1 aliphatic heterocycles. The van der Waals surface area contributed by atoms with Gasteiger partial charge in [0.2, 0.25) is 11.7 Å². The highest BCUT2D eigenvalue weighted by Gasteiger charge is 2.32. The van der Waals surface area contributed by atoms with Crippen LogP contribution in [0.15, 0.2) is 28.7 Å². The van der Waals surface area contributed by atoms with Crippen LogP contribution in [0.25, 0.3) is 0 Å². The number of para-hydroxylation sites is 2. The van der Waals surface area contributed by atoms with Crippen LogP contribution in [0, 0.1) is 13.8 Å². The van der Waals surface area contributed by atoms with Gasteiger partial charge in [-0.3, -0.25) is 9.59 Å². The van der Waals surface area contributed by atoms with E-state index in [4.69, 9.17) is 4.42 Å². The Kier molecular flexibility index (Phi) is 3.44. The number of nitrogens with one attached hydrogen (secondary N) is 1. The number of carbonyl (C=O) groups excluding carboxylic acids is 2. The summed E-state index contributed by atoms with van der Waals surface area (Å²) in [6.45, 7) is 5.29. The topological polar surface area (TPSA) is 75.4 Å². The second-order valence-corrected chi connectivity index (χ2v) is 5.44. The van der Waals surface area contributed by atoms with Crippen molar-refractivity contribution in [1.82, 2.24) is 4.98 Å². The number of benzene rings is 1. The Morgan fingerprint density at radius 1 is 1.36 bits per heavy atom. The van der Waals surface area contributed by atoms with Crippen LogP contribution < -0.4 is 10.2 Å². The van der Waals surface area contributed by atoms with E-state index in [1.54, 1.807) is 24.8 Å². The SMILES string of the molecule is Cc1nc(C)c(C(=O)N2c3ccccc3NC(=O)CC2C)o1. The molecule has 0 bridgehead atoms. The number of carbonyl (C=O) groups is 2. The highest BCUT2D eigenvalue weighted by atomic mass is 16.4. The van der Waals surface area contributed by atoms with Crippen molar-refractivity contribution in [3.63, 3.8) is 0 Å². The second kappa shape index (κ2) is 5.29. The number of amides is 2. The molecule has 1 unspecified atom stereocenters. The molecule has 0 aliphatic carbocycles. The molecule has 2 amide bonds. The van der Waals surface area contributed by atoms with E-state index in [1.165, 1.54) is 0 Å². The number of nitrogens with zero attached hydrogens (tertiary/aromatic N) is 2. The van der Waals surface area contributed by atoms with Crippen LogP contribution in [0.1, 0.15) is 35.5 Å². The first-order chi connectivity index (χ1) is 10.5. The third kappa shape index (κ3) is 2.36. The minimum absolute atomic E-state index is 0.110. The molecule has 0 spiro atoms. The zero-order chi connectivity index (χ0) is 15.9. The minimum Gasteiger partial charge on any atom is -0.436 e. The minimum atomic E-state index is -0.283. The van der Waals surface area contributed by atoms with E-state index in [0.717, 1.165) is 0 Å². The summed E-state index contributed by atoms with van der Waals surface area (Å²) in [6, 6.07) is 6.97. The molecular weight excluding hydrogens is 282 g/mol. The van der Waals surface area contributed by atoms with Gasteiger partial charge in [-0.1, -0.05) is 12.1 Å². The Morgan fingerprint density at radius 2 is 2.09 bits per heavy atom. The molecule has 0 saturated heterocycles. The van der Waals surface area contributed by atoms with E-state index in [0.29, 0.717) is 23.0 Å². The van der Waals surface area contributed by atoms with E-state index in [2.05, 4.69) is 10.3 Å². The molecule has 1 atom stereocenters. The van der Waals surface area contributed by atoms with E-state index in [-0.39, 0.29) is 30.0 Å². The number of hydrogen-bond acceptors (Lipinski definition) is 4. The van der Waals surface area contributed by atoms with Gasteiger partial charge in [-0.05, 0) is 26.0 Å². The number of anilines is 2. The standard InChI is InChI=1S/C16H17N3O3/c1-9-8-14(20)18-12-6-4-5-7-13(12)19(9)16(21)15-10(2)17-11(3)22-15/h4-7,9H,8H2,1-3H3,(H,18,20). The molecular formula is C16H17N3O3. The molecule has 22 heavy (non-hydrogen) atoms. The molecule has 0 saturated carbocycles. The summed E-state index contributed by atoms with van der Waals surface area (Å²) in [4.78, 5) is 30.6. The molecule has 2 aromatic rings. The van der Waals surface area contributed by atoms with Gasteiger partial charge in [0.15, 0.2) is 5.89 Å². The molecule has 2 heterocycles. The van der Waals surface area contributed by atoms with Gasteiger partial charge in [0.25, 0.3) is 5.91 Å². The van der Waals surface area contributed by atoms with Gasteiger partial charge < -0.3 is 14.6 Å². The Labute approximate surface area is 128 Å². The maximum Gasteiger partial charge on any atom is 0.296 e. The molecule has 3 rings (SSSR count). The van der Waals surface area contributed by atoms with E-state index in [1.807, 2.05) is 25.1 Å². The lowest BCUT2D eigenvalue weighted by Gasteiger charge is -2.26. The van der Waals surface area contributed by atoms with Crippen molar-refractivity contribution in [1.29, 1.82) is 0 Å². The normalized spacial score (nSPS) is 17.7. The summed E-state index contributed by atoms with van der Waals surface area (Å²) >= 11 is 0. The van der Waals surface area contributed by atoms with Gasteiger partial charge in [-0.2, -0.15) is 0 Å². The summed E-state index contributed by atoms with van der Waals surface area (Å²) in [7, 11) is 0. The van der Waals surface area contributed by atoms with Gasteiger partial charge in [0, 0.05) is 19.4 Å². The highest BCUT2D eigenvalue weighted by molar-refractivity contribution is 6.10. The molecule has 0 fully saturated rings. The first-order valence-electron chi connectivity index (χ1n) is 7.14. The van der Waals surface area contributed by atoms with Gasteiger partial charge in [0.05, 0.1) is 17.1 Å². The molecule has 1 aliphatic rings. The molecule has 1 aromatic heterocycles. The average molecular weight is 299 g/mol. The fraction of sp³-hybridized carbons (Fsp3) is 0.312. The third-order valence-corrected chi connectivity index (χ3v) is 3.68. The van der Waals surface area contributed by atoms with Gasteiger partial charge in [-0.15, -0.1) is 0 Å². The van der Waals surface area contributed by atoms with Crippen molar-refractivity contribution in [2.24, 2.45) is 0 Å². The molecule has 0 radical (unpaired) electrons. The van der Waals surface area contributed by atoms with Crippen LogP contribution in [0.3, 0.4) is 0 Å². The molecule has 1 N–H and O–H groups in total. The second-order valence-electron chi connectivity index (χ2n) is 5.44. The average Bonchev–Trinajstić information content (AvgIpc) is 2.72. The summed E-state index contributed by atoms with van der Waals surface area (Å²) in [5.41, 5.74) is 1.84. The number of fused-ring (bicyclic) bond motifs is 1. The summed E-state index contributed by atoms with van der Waals surface area (Å²) in [6.07, 6.45) is 0.229. The maximum absolute atomic E-state index is 12.9. The largest absolute Gasteiger partial charge is 0.436 e. The van der Waals surface area contributed by atoms with Gasteiger partial charge in [-0.25, -0.2) is 4.98 Å². The number of rotatable bonds is 1. The third-order valence-electron chi connectivity index (χ3n) is 3.68. The Balaban J connectivity index is 2.10. The quantitative estimate of drug-likeness (QED) is 0.878. The highest BCUT2D eigenvalue weighted by Crippen LogP contribution is 2.32. The van der Waals surface area contributed by atoms with Crippen molar-refractivity contribution in [2.75, 3.05) is 10.2 Å². The zero-order valence-electron chi connectivity index (χ0n) is 12.7. The number of aromatic nitrogens is 1. The van der Waals surface area contributed by atoms with E-state index < -0.39 is 0 Å².